The van der Waals surface area contributed by atoms with E-state index in [4.69, 9.17) is 5.84 Å². The highest BCUT2D eigenvalue weighted by Gasteiger charge is 2.27. The number of rotatable bonds is 7. The fourth-order valence-electron chi connectivity index (χ4n) is 3.54. The van der Waals surface area contributed by atoms with E-state index in [9.17, 15) is 9.59 Å². The van der Waals surface area contributed by atoms with Crippen molar-refractivity contribution in [1.82, 2.24) is 20.7 Å². The third kappa shape index (κ3) is 5.18. The summed E-state index contributed by atoms with van der Waals surface area (Å²) in [6, 6.07) is 7.52. The summed E-state index contributed by atoms with van der Waals surface area (Å²) in [6.07, 6.45) is 7.24. The predicted octanol–water partition coefficient (Wildman–Crippen LogP) is 2.24. The van der Waals surface area contributed by atoms with Crippen LogP contribution in [0.1, 0.15) is 36.1 Å². The first kappa shape index (κ1) is 21.4. The van der Waals surface area contributed by atoms with Gasteiger partial charge < -0.3 is 10.7 Å². The summed E-state index contributed by atoms with van der Waals surface area (Å²) < 4.78 is 0. The Hall–Kier alpha value is -3.32. The highest BCUT2D eigenvalue weighted by Crippen LogP contribution is 2.27. The number of amides is 1. The molecule has 1 atom stereocenters. The fraction of sp³-hybridized carbons (Fsp3) is 0.304. The molecule has 0 aromatic carbocycles. The van der Waals surface area contributed by atoms with Crippen molar-refractivity contribution in [1.29, 1.82) is 0 Å². The molecule has 1 aliphatic heterocycles. The zero-order valence-electron chi connectivity index (χ0n) is 17.1. The minimum atomic E-state index is -0.287. The van der Waals surface area contributed by atoms with E-state index < -0.39 is 0 Å². The third-order valence-electron chi connectivity index (χ3n) is 5.37. The maximum Gasteiger partial charge on any atom is 0.253 e. The SMILES string of the molecule is C=C(/C1=C(\NN)CCC(C(=O)CCc2ccc(C)nc2)CNC1=O)c1ccncc1. The lowest BCUT2D eigenvalue weighted by atomic mass is 9.88. The molecule has 4 N–H and O–H groups in total. The molecule has 0 spiro atoms. The van der Waals surface area contributed by atoms with Crippen LogP contribution in [0.25, 0.3) is 5.57 Å². The number of hydrogen-bond donors (Lipinski definition) is 3. The molecule has 1 amide bonds. The van der Waals surface area contributed by atoms with Crippen LogP contribution < -0.4 is 16.6 Å². The van der Waals surface area contributed by atoms with E-state index in [0.717, 1.165) is 16.8 Å². The molecule has 30 heavy (non-hydrogen) atoms. The van der Waals surface area contributed by atoms with E-state index >= 15 is 0 Å². The molecule has 0 fully saturated rings. The van der Waals surface area contributed by atoms with Crippen LogP contribution in [-0.4, -0.2) is 28.2 Å². The Morgan fingerprint density at radius 2 is 2.07 bits per heavy atom. The number of nitrogens with two attached hydrogens (primary N) is 1. The molecular formula is C23H27N5O2. The van der Waals surface area contributed by atoms with Crippen molar-refractivity contribution in [2.24, 2.45) is 11.8 Å². The Labute approximate surface area is 176 Å². The number of allylic oxidation sites excluding steroid dienone is 1. The summed E-state index contributed by atoms with van der Waals surface area (Å²) in [7, 11) is 0. The van der Waals surface area contributed by atoms with Gasteiger partial charge in [-0.25, -0.2) is 0 Å². The Bertz CT molecular complexity index is 951. The molecule has 0 bridgehead atoms. The second-order valence-electron chi connectivity index (χ2n) is 7.43. The van der Waals surface area contributed by atoms with Crippen molar-refractivity contribution in [3.05, 3.63) is 77.5 Å². The van der Waals surface area contributed by atoms with Gasteiger partial charge in [0.05, 0.1) is 5.57 Å². The topological polar surface area (TPSA) is 110 Å². The van der Waals surface area contributed by atoms with Gasteiger partial charge in [0.25, 0.3) is 5.91 Å². The van der Waals surface area contributed by atoms with Gasteiger partial charge in [-0.05, 0) is 61.1 Å². The molecule has 7 nitrogen and oxygen atoms in total. The van der Waals surface area contributed by atoms with Gasteiger partial charge in [0.15, 0.2) is 0 Å². The first-order valence-electron chi connectivity index (χ1n) is 10.0. The number of aryl methyl sites for hydroxylation is 2. The van der Waals surface area contributed by atoms with E-state index in [-0.39, 0.29) is 17.6 Å². The molecule has 3 heterocycles. The van der Waals surface area contributed by atoms with E-state index in [2.05, 4.69) is 27.3 Å². The first-order valence-corrected chi connectivity index (χ1v) is 10.0. The second kappa shape index (κ2) is 9.93. The molecule has 2 aromatic rings. The van der Waals surface area contributed by atoms with Crippen LogP contribution in [-0.2, 0) is 16.0 Å². The summed E-state index contributed by atoms with van der Waals surface area (Å²) in [5.74, 6) is 5.31. The molecule has 0 saturated heterocycles. The largest absolute Gasteiger partial charge is 0.351 e. The van der Waals surface area contributed by atoms with Crippen molar-refractivity contribution in [3.8, 4) is 0 Å². The number of hydrogen-bond acceptors (Lipinski definition) is 6. The second-order valence-corrected chi connectivity index (χ2v) is 7.43. The molecule has 1 unspecified atom stereocenters. The molecule has 1 aliphatic rings. The summed E-state index contributed by atoms with van der Waals surface area (Å²) in [5, 5.41) is 2.88. The van der Waals surface area contributed by atoms with Gasteiger partial charge in [-0.3, -0.25) is 25.4 Å². The van der Waals surface area contributed by atoms with Crippen LogP contribution in [0.5, 0.6) is 0 Å². The van der Waals surface area contributed by atoms with E-state index in [1.807, 2.05) is 19.1 Å². The van der Waals surface area contributed by atoms with Crippen LogP contribution in [0.4, 0.5) is 0 Å². The monoisotopic (exact) mass is 405 g/mol. The lowest BCUT2D eigenvalue weighted by Gasteiger charge is -2.24. The quantitative estimate of drug-likeness (QED) is 0.481. The maximum atomic E-state index is 12.9. The van der Waals surface area contributed by atoms with Gasteiger partial charge in [-0.15, -0.1) is 0 Å². The number of nitrogens with one attached hydrogen (secondary N) is 2. The molecule has 3 rings (SSSR count). The normalized spacial score (nSPS) is 19.4. The third-order valence-corrected chi connectivity index (χ3v) is 5.37. The molecule has 0 aliphatic carbocycles. The van der Waals surface area contributed by atoms with E-state index in [1.165, 1.54) is 0 Å². The van der Waals surface area contributed by atoms with Crippen LogP contribution >= 0.6 is 0 Å². The Morgan fingerprint density at radius 1 is 1.30 bits per heavy atom. The molecule has 7 heteroatoms. The molecule has 156 valence electrons. The van der Waals surface area contributed by atoms with Gasteiger partial charge in [-0.1, -0.05) is 12.6 Å². The zero-order valence-corrected chi connectivity index (χ0v) is 17.1. The standard InChI is InChI=1S/C23H27N5O2/c1-15-3-4-17(13-26-15)5-8-21(29)19-6-7-20(28-24)22(23(30)27-14-19)16(2)18-9-11-25-12-10-18/h3-4,9-13,19,28H,2,5-8,14,24H2,1H3,(H,27,30)/b22-20+. The van der Waals surface area contributed by atoms with E-state index in [0.29, 0.717) is 49.1 Å². The number of nitrogens with zero attached hydrogens (tertiary/aromatic N) is 2. The number of ketones is 1. The average Bonchev–Trinajstić information content (AvgIpc) is 2.76. The van der Waals surface area contributed by atoms with Crippen LogP contribution in [0, 0.1) is 12.8 Å². The molecule has 2 aromatic heterocycles. The molecular weight excluding hydrogens is 378 g/mol. The van der Waals surface area contributed by atoms with E-state index in [1.54, 1.807) is 30.7 Å². The zero-order chi connectivity index (χ0) is 21.5. The van der Waals surface area contributed by atoms with Crippen LogP contribution in [0.2, 0.25) is 0 Å². The van der Waals surface area contributed by atoms with Crippen LogP contribution in [0.15, 0.2) is 60.7 Å². The van der Waals surface area contributed by atoms with Crippen molar-refractivity contribution < 1.29 is 9.59 Å². The highest BCUT2D eigenvalue weighted by atomic mass is 16.2. The smallest absolute Gasteiger partial charge is 0.253 e. The molecule has 0 radical (unpaired) electrons. The number of carbonyl (C=O) groups excluding carboxylic acids is 2. The summed E-state index contributed by atoms with van der Waals surface area (Å²) in [5.41, 5.74) is 6.99. The minimum Gasteiger partial charge on any atom is -0.351 e. The Kier molecular flexibility index (Phi) is 7.08. The van der Waals surface area contributed by atoms with Gasteiger partial charge in [0.2, 0.25) is 0 Å². The number of aromatic nitrogens is 2. The average molecular weight is 406 g/mol. The lowest BCUT2D eigenvalue weighted by Crippen LogP contribution is -2.38. The number of carbonyl (C=O) groups is 2. The Balaban J connectivity index is 1.70. The van der Waals surface area contributed by atoms with Crippen molar-refractivity contribution in [2.75, 3.05) is 6.54 Å². The van der Waals surface area contributed by atoms with Gasteiger partial charge in [0.1, 0.15) is 5.78 Å². The van der Waals surface area contributed by atoms with Gasteiger partial charge in [-0.2, -0.15) is 0 Å². The van der Waals surface area contributed by atoms with Crippen molar-refractivity contribution >= 4 is 17.3 Å². The lowest BCUT2D eigenvalue weighted by molar-refractivity contribution is -0.123. The number of Topliss-reactive ketones (excluding diaryl/α,β-unsaturated/α-hetero) is 1. The number of hydrazine groups is 1. The summed E-state index contributed by atoms with van der Waals surface area (Å²) in [4.78, 5) is 33.9. The van der Waals surface area contributed by atoms with Crippen molar-refractivity contribution in [2.45, 2.75) is 32.6 Å². The first-order chi connectivity index (χ1) is 14.5. The fourth-order valence-corrected chi connectivity index (χ4v) is 3.54. The van der Waals surface area contributed by atoms with Crippen molar-refractivity contribution in [3.63, 3.8) is 0 Å². The Morgan fingerprint density at radius 3 is 2.73 bits per heavy atom. The van der Waals surface area contributed by atoms with Crippen LogP contribution in [0.3, 0.4) is 0 Å². The van der Waals surface area contributed by atoms with Gasteiger partial charge >= 0.3 is 0 Å². The van der Waals surface area contributed by atoms with Gasteiger partial charge in [0, 0.05) is 48.9 Å². The predicted molar refractivity (Wildman–Crippen MR) is 116 cm³/mol. The highest BCUT2D eigenvalue weighted by molar-refractivity contribution is 6.09. The number of pyridine rings is 2. The summed E-state index contributed by atoms with van der Waals surface area (Å²) >= 11 is 0. The minimum absolute atomic E-state index is 0.128. The maximum absolute atomic E-state index is 12.9. The summed E-state index contributed by atoms with van der Waals surface area (Å²) in [6.45, 7) is 6.31. The molecule has 0 saturated carbocycles.